The molecule has 1 heterocycles. The van der Waals surface area contributed by atoms with E-state index in [0.29, 0.717) is 0 Å². The van der Waals surface area contributed by atoms with Crippen LogP contribution in [-0.4, -0.2) is 52.9 Å². The molecular formula is C7H10BO6. The SMILES string of the molecule is O=C1O[B]OC12C[C@@H](O)C(O)[C@H](O)C2. The molecule has 0 aromatic carbocycles. The molecule has 0 aromatic rings. The molecule has 2 atom stereocenters. The third kappa shape index (κ3) is 1.33. The van der Waals surface area contributed by atoms with Crippen molar-refractivity contribution in [3.63, 3.8) is 0 Å². The summed E-state index contributed by atoms with van der Waals surface area (Å²) in [5, 5.41) is 28.0. The van der Waals surface area contributed by atoms with Gasteiger partial charge in [0.2, 0.25) is 0 Å². The van der Waals surface area contributed by atoms with E-state index in [4.69, 9.17) is 4.65 Å². The fraction of sp³-hybridized carbons (Fsp3) is 0.857. The van der Waals surface area contributed by atoms with Crippen molar-refractivity contribution >= 4 is 13.7 Å². The number of carbonyl (C=O) groups excluding carboxylic acids is 1. The second-order valence-electron chi connectivity index (χ2n) is 3.65. The maximum atomic E-state index is 11.3. The van der Waals surface area contributed by atoms with Gasteiger partial charge in [-0.15, -0.1) is 0 Å². The minimum atomic E-state index is -1.32. The summed E-state index contributed by atoms with van der Waals surface area (Å²) in [6.07, 6.45) is -3.74. The topological polar surface area (TPSA) is 96.2 Å². The molecule has 1 radical (unpaired) electrons. The number of hydrogen-bond acceptors (Lipinski definition) is 6. The van der Waals surface area contributed by atoms with Gasteiger partial charge in [-0.25, -0.2) is 0 Å². The van der Waals surface area contributed by atoms with E-state index in [2.05, 4.69) is 4.65 Å². The highest BCUT2D eigenvalue weighted by Gasteiger charge is 2.54. The Morgan fingerprint density at radius 1 is 1.29 bits per heavy atom. The minimum Gasteiger partial charge on any atom is -0.509 e. The van der Waals surface area contributed by atoms with Gasteiger partial charge in [0.05, 0.1) is 12.2 Å². The monoisotopic (exact) mass is 201 g/mol. The standard InChI is InChI=1S/C7H10BO6/c9-3-1-7(2-4(10)5(3)11)6(12)13-8-14-7/h3-5,9-11H,1-2H2/t3-,4-,5?,7?/m1/s1. The summed E-state index contributed by atoms with van der Waals surface area (Å²) in [6, 6.07) is 0. The lowest BCUT2D eigenvalue weighted by atomic mass is 9.79. The van der Waals surface area contributed by atoms with Crippen molar-refractivity contribution in [3.8, 4) is 0 Å². The first-order valence-corrected chi connectivity index (χ1v) is 4.30. The Hall–Kier alpha value is -0.625. The Morgan fingerprint density at radius 3 is 2.29 bits per heavy atom. The molecular weight excluding hydrogens is 191 g/mol. The summed E-state index contributed by atoms with van der Waals surface area (Å²) < 4.78 is 9.44. The van der Waals surface area contributed by atoms with Gasteiger partial charge in [-0.2, -0.15) is 0 Å². The Balaban J connectivity index is 2.19. The second kappa shape index (κ2) is 3.20. The first kappa shape index (κ1) is 9.91. The van der Waals surface area contributed by atoms with Gasteiger partial charge in [0.25, 0.3) is 0 Å². The van der Waals surface area contributed by atoms with Gasteiger partial charge in [0, 0.05) is 12.8 Å². The lowest BCUT2D eigenvalue weighted by molar-refractivity contribution is -0.167. The molecule has 2 fully saturated rings. The van der Waals surface area contributed by atoms with Gasteiger partial charge in [-0.3, -0.25) is 4.79 Å². The summed E-state index contributed by atoms with van der Waals surface area (Å²) in [7, 11) is 0.888. The smallest absolute Gasteiger partial charge is 0.509 e. The fourth-order valence-electron chi connectivity index (χ4n) is 1.84. The van der Waals surface area contributed by atoms with Crippen LogP contribution in [0.4, 0.5) is 0 Å². The molecule has 2 aliphatic rings. The van der Waals surface area contributed by atoms with Crippen molar-refractivity contribution in [1.29, 1.82) is 0 Å². The lowest BCUT2D eigenvalue weighted by Crippen LogP contribution is -2.55. The van der Waals surface area contributed by atoms with Crippen LogP contribution in [0.3, 0.4) is 0 Å². The molecule has 0 aromatic heterocycles. The van der Waals surface area contributed by atoms with Crippen LogP contribution < -0.4 is 0 Å². The summed E-state index contributed by atoms with van der Waals surface area (Å²) in [6.45, 7) is 0. The van der Waals surface area contributed by atoms with Crippen molar-refractivity contribution < 1.29 is 29.4 Å². The maximum Gasteiger partial charge on any atom is 0.575 e. The summed E-state index contributed by atoms with van der Waals surface area (Å²) >= 11 is 0. The predicted molar refractivity (Wildman–Crippen MR) is 42.9 cm³/mol. The second-order valence-corrected chi connectivity index (χ2v) is 3.65. The Bertz CT molecular complexity index is 245. The number of aliphatic hydroxyl groups excluding tert-OH is 3. The maximum absolute atomic E-state index is 11.3. The highest BCUT2D eigenvalue weighted by Crippen LogP contribution is 2.35. The molecule has 7 heteroatoms. The molecule has 2 rings (SSSR count). The van der Waals surface area contributed by atoms with Gasteiger partial charge >= 0.3 is 13.7 Å². The van der Waals surface area contributed by atoms with Crippen LogP contribution in [0.2, 0.25) is 0 Å². The molecule has 3 N–H and O–H groups in total. The molecule has 0 bridgehead atoms. The fourth-order valence-corrected chi connectivity index (χ4v) is 1.84. The summed E-state index contributed by atoms with van der Waals surface area (Å²) in [5.41, 5.74) is -1.32. The first-order valence-electron chi connectivity index (χ1n) is 4.30. The van der Waals surface area contributed by atoms with E-state index in [-0.39, 0.29) is 12.8 Å². The van der Waals surface area contributed by atoms with Crippen LogP contribution in [0.5, 0.6) is 0 Å². The van der Waals surface area contributed by atoms with Gasteiger partial charge in [-0.1, -0.05) is 0 Å². The molecule has 77 valence electrons. The summed E-state index contributed by atoms with van der Waals surface area (Å²) in [4.78, 5) is 11.3. The van der Waals surface area contributed by atoms with Crippen LogP contribution in [0, 0.1) is 0 Å². The Labute approximate surface area is 80.7 Å². The van der Waals surface area contributed by atoms with Crippen molar-refractivity contribution in [2.24, 2.45) is 0 Å². The zero-order chi connectivity index (χ0) is 10.3. The van der Waals surface area contributed by atoms with Gasteiger partial charge < -0.3 is 24.6 Å². The zero-order valence-electron chi connectivity index (χ0n) is 7.29. The first-order chi connectivity index (χ1) is 6.55. The average molecular weight is 201 g/mol. The van der Waals surface area contributed by atoms with Crippen LogP contribution in [0.15, 0.2) is 0 Å². The van der Waals surface area contributed by atoms with Crippen molar-refractivity contribution in [1.82, 2.24) is 0 Å². The highest BCUT2D eigenvalue weighted by atomic mass is 16.7. The number of carbonyl (C=O) groups is 1. The minimum absolute atomic E-state index is 0.0689. The van der Waals surface area contributed by atoms with Crippen LogP contribution in [0.1, 0.15) is 12.8 Å². The van der Waals surface area contributed by atoms with Crippen molar-refractivity contribution in [3.05, 3.63) is 0 Å². The molecule has 1 aliphatic heterocycles. The van der Waals surface area contributed by atoms with Crippen molar-refractivity contribution in [2.45, 2.75) is 36.8 Å². The van der Waals surface area contributed by atoms with E-state index in [9.17, 15) is 20.1 Å². The molecule has 1 saturated heterocycles. The third-order valence-electron chi connectivity index (χ3n) is 2.67. The molecule has 14 heavy (non-hydrogen) atoms. The molecule has 0 unspecified atom stereocenters. The number of aliphatic hydroxyl groups is 3. The van der Waals surface area contributed by atoms with E-state index < -0.39 is 29.9 Å². The number of rotatable bonds is 0. The molecule has 0 amide bonds. The van der Waals surface area contributed by atoms with E-state index in [1.807, 2.05) is 0 Å². The molecule has 1 aliphatic carbocycles. The van der Waals surface area contributed by atoms with Gasteiger partial charge in [0.1, 0.15) is 6.10 Å². The molecule has 1 spiro atoms. The molecule has 6 nitrogen and oxygen atoms in total. The quantitative estimate of drug-likeness (QED) is 0.381. The largest absolute Gasteiger partial charge is 0.575 e. The Kier molecular flexibility index (Phi) is 2.26. The van der Waals surface area contributed by atoms with Gasteiger partial charge in [-0.05, 0) is 0 Å². The van der Waals surface area contributed by atoms with Crippen LogP contribution in [0.25, 0.3) is 0 Å². The Morgan fingerprint density at radius 2 is 1.86 bits per heavy atom. The van der Waals surface area contributed by atoms with Gasteiger partial charge in [0.15, 0.2) is 5.60 Å². The molecule has 1 saturated carbocycles. The van der Waals surface area contributed by atoms with E-state index >= 15 is 0 Å². The lowest BCUT2D eigenvalue weighted by Gasteiger charge is -2.38. The number of hydrogen-bond donors (Lipinski definition) is 3. The summed E-state index contributed by atoms with van der Waals surface area (Å²) in [5.74, 6) is -0.637. The average Bonchev–Trinajstić information content (AvgIpc) is 2.44. The van der Waals surface area contributed by atoms with E-state index in [1.54, 1.807) is 0 Å². The normalized spacial score (nSPS) is 47.6. The predicted octanol–water partition coefficient (Wildman–Crippen LogP) is -2.29. The van der Waals surface area contributed by atoms with Crippen LogP contribution >= 0.6 is 0 Å². The van der Waals surface area contributed by atoms with E-state index in [1.165, 1.54) is 0 Å². The third-order valence-corrected chi connectivity index (χ3v) is 2.67. The van der Waals surface area contributed by atoms with Crippen LogP contribution in [-0.2, 0) is 14.1 Å². The van der Waals surface area contributed by atoms with E-state index in [0.717, 1.165) is 7.69 Å². The highest BCUT2D eigenvalue weighted by molar-refractivity contribution is 6.27. The zero-order valence-corrected chi connectivity index (χ0v) is 7.29. The van der Waals surface area contributed by atoms with Crippen molar-refractivity contribution in [2.75, 3.05) is 0 Å².